The quantitative estimate of drug-likeness (QED) is 0.802. The molecule has 4 heteroatoms. The number of rotatable bonds is 4. The number of nitriles is 1. The summed E-state index contributed by atoms with van der Waals surface area (Å²) in [5.41, 5.74) is 2.43. The number of nitrogens with zero attached hydrogens (tertiary/aromatic N) is 2. The van der Waals surface area contributed by atoms with Crippen molar-refractivity contribution >= 4 is 15.9 Å². The minimum absolute atomic E-state index is 0.348. The van der Waals surface area contributed by atoms with Crippen molar-refractivity contribution in [2.45, 2.75) is 32.9 Å². The van der Waals surface area contributed by atoms with Gasteiger partial charge in [-0.2, -0.15) is 5.26 Å². The van der Waals surface area contributed by atoms with E-state index in [9.17, 15) is 0 Å². The van der Waals surface area contributed by atoms with E-state index in [1.54, 1.807) is 0 Å². The van der Waals surface area contributed by atoms with Crippen LogP contribution in [0.25, 0.3) is 0 Å². The molecule has 1 aromatic carbocycles. The van der Waals surface area contributed by atoms with Crippen molar-refractivity contribution in [3.63, 3.8) is 0 Å². The van der Waals surface area contributed by atoms with Gasteiger partial charge in [0.05, 0.1) is 19.2 Å². The molecule has 0 amide bonds. The highest BCUT2D eigenvalue weighted by molar-refractivity contribution is 9.10. The van der Waals surface area contributed by atoms with Crippen LogP contribution in [0, 0.1) is 11.3 Å². The van der Waals surface area contributed by atoms with Gasteiger partial charge in [0.15, 0.2) is 0 Å². The highest BCUT2D eigenvalue weighted by atomic mass is 79.9. The number of ether oxygens (including phenoxy) is 1. The van der Waals surface area contributed by atoms with Crippen LogP contribution in [0.15, 0.2) is 16.6 Å². The minimum Gasteiger partial charge on any atom is -0.493 e. The second kappa shape index (κ2) is 5.73. The van der Waals surface area contributed by atoms with Crippen LogP contribution in [-0.2, 0) is 13.0 Å². The van der Waals surface area contributed by atoms with Crippen LogP contribution < -0.4 is 4.74 Å². The highest BCUT2D eigenvalue weighted by Gasteiger charge is 2.20. The van der Waals surface area contributed by atoms with Crippen LogP contribution in [0.5, 0.6) is 5.75 Å². The molecule has 0 spiro atoms. The second-order valence-corrected chi connectivity index (χ2v) is 5.72. The molecule has 0 saturated heterocycles. The molecule has 18 heavy (non-hydrogen) atoms. The molecule has 0 aliphatic carbocycles. The molecule has 0 saturated carbocycles. The monoisotopic (exact) mass is 308 g/mol. The summed E-state index contributed by atoms with van der Waals surface area (Å²) in [6, 6.07) is 6.79. The van der Waals surface area contributed by atoms with Gasteiger partial charge < -0.3 is 4.74 Å². The summed E-state index contributed by atoms with van der Waals surface area (Å²) in [5, 5.41) is 8.88. The maximum absolute atomic E-state index is 8.88. The summed E-state index contributed by atoms with van der Waals surface area (Å²) in [4.78, 5) is 2.14. The lowest BCUT2D eigenvalue weighted by molar-refractivity contribution is 0.235. The Morgan fingerprint density at radius 1 is 1.50 bits per heavy atom. The largest absolute Gasteiger partial charge is 0.493 e. The van der Waals surface area contributed by atoms with Gasteiger partial charge in [-0.05, 0) is 31.5 Å². The zero-order valence-corrected chi connectivity index (χ0v) is 12.3. The standard InChI is InChI=1S/C14H17BrN2O/c1-10(2)17(5-4-16)9-12-8-13(15)7-11-3-6-18-14(11)12/h7-8,10H,3,5-6,9H2,1-2H3. The SMILES string of the molecule is CC(C)N(CC#N)Cc1cc(Br)cc2c1OCC2. The zero-order valence-electron chi connectivity index (χ0n) is 10.7. The molecule has 0 N–H and O–H groups in total. The molecule has 1 aliphatic heterocycles. The Morgan fingerprint density at radius 2 is 2.28 bits per heavy atom. The molecule has 96 valence electrons. The Morgan fingerprint density at radius 3 is 2.94 bits per heavy atom. The topological polar surface area (TPSA) is 36.3 Å². The molecule has 2 rings (SSSR count). The van der Waals surface area contributed by atoms with E-state index in [0.29, 0.717) is 12.6 Å². The summed E-state index contributed by atoms with van der Waals surface area (Å²) in [5.74, 6) is 1.02. The lowest BCUT2D eigenvalue weighted by Crippen LogP contribution is -2.30. The van der Waals surface area contributed by atoms with Crippen molar-refractivity contribution in [3.8, 4) is 11.8 Å². The van der Waals surface area contributed by atoms with Crippen molar-refractivity contribution in [3.05, 3.63) is 27.7 Å². The van der Waals surface area contributed by atoms with E-state index in [1.807, 2.05) is 0 Å². The Labute approximate surface area is 116 Å². The first-order chi connectivity index (χ1) is 8.61. The minimum atomic E-state index is 0.348. The molecular weight excluding hydrogens is 292 g/mol. The first kappa shape index (κ1) is 13.4. The number of hydrogen-bond acceptors (Lipinski definition) is 3. The predicted molar refractivity (Wildman–Crippen MR) is 74.5 cm³/mol. The van der Waals surface area contributed by atoms with Gasteiger partial charge in [-0.25, -0.2) is 0 Å². The molecule has 1 aromatic rings. The average Bonchev–Trinajstić information content (AvgIpc) is 2.76. The third-order valence-corrected chi connectivity index (χ3v) is 3.66. The molecule has 0 radical (unpaired) electrons. The van der Waals surface area contributed by atoms with E-state index in [1.165, 1.54) is 11.1 Å². The van der Waals surface area contributed by atoms with Gasteiger partial charge in [-0.1, -0.05) is 15.9 Å². The van der Waals surface area contributed by atoms with E-state index in [-0.39, 0.29) is 0 Å². The van der Waals surface area contributed by atoms with Crippen LogP contribution in [0.1, 0.15) is 25.0 Å². The second-order valence-electron chi connectivity index (χ2n) is 4.81. The number of benzene rings is 1. The first-order valence-electron chi connectivity index (χ1n) is 6.17. The number of halogens is 1. The predicted octanol–water partition coefficient (Wildman–Crippen LogP) is 3.12. The highest BCUT2D eigenvalue weighted by Crippen LogP contribution is 2.33. The smallest absolute Gasteiger partial charge is 0.127 e. The molecule has 1 aliphatic rings. The fourth-order valence-corrected chi connectivity index (χ4v) is 2.75. The van der Waals surface area contributed by atoms with Gasteiger partial charge in [0.25, 0.3) is 0 Å². The lowest BCUT2D eigenvalue weighted by Gasteiger charge is -2.24. The Balaban J connectivity index is 2.26. The zero-order chi connectivity index (χ0) is 13.1. The number of hydrogen-bond donors (Lipinski definition) is 0. The average molecular weight is 309 g/mol. The molecular formula is C14H17BrN2O. The van der Waals surface area contributed by atoms with Crippen LogP contribution in [-0.4, -0.2) is 24.1 Å². The fourth-order valence-electron chi connectivity index (χ4n) is 2.19. The third-order valence-electron chi connectivity index (χ3n) is 3.20. The van der Waals surface area contributed by atoms with E-state index in [4.69, 9.17) is 10.00 Å². The van der Waals surface area contributed by atoms with Gasteiger partial charge in [-0.15, -0.1) is 0 Å². The first-order valence-corrected chi connectivity index (χ1v) is 6.96. The van der Waals surface area contributed by atoms with Gasteiger partial charge in [0.1, 0.15) is 5.75 Å². The van der Waals surface area contributed by atoms with Crippen molar-refractivity contribution < 1.29 is 4.74 Å². The molecule has 0 bridgehead atoms. The molecule has 0 aromatic heterocycles. The third kappa shape index (κ3) is 2.85. The van der Waals surface area contributed by atoms with Crippen molar-refractivity contribution in [1.29, 1.82) is 5.26 Å². The Hall–Kier alpha value is -1.05. The normalized spacial score (nSPS) is 13.6. The van der Waals surface area contributed by atoms with E-state index in [2.05, 4.69) is 52.9 Å². The van der Waals surface area contributed by atoms with Gasteiger partial charge >= 0.3 is 0 Å². The van der Waals surface area contributed by atoms with E-state index in [0.717, 1.165) is 29.8 Å². The van der Waals surface area contributed by atoms with Crippen LogP contribution >= 0.6 is 15.9 Å². The lowest BCUT2D eigenvalue weighted by atomic mass is 10.1. The molecule has 0 fully saturated rings. The van der Waals surface area contributed by atoms with Gasteiger partial charge in [0, 0.05) is 29.0 Å². The van der Waals surface area contributed by atoms with Gasteiger partial charge in [-0.3, -0.25) is 4.90 Å². The maximum atomic E-state index is 8.88. The van der Waals surface area contributed by atoms with Gasteiger partial charge in [0.2, 0.25) is 0 Å². The van der Waals surface area contributed by atoms with E-state index < -0.39 is 0 Å². The van der Waals surface area contributed by atoms with Crippen LogP contribution in [0.4, 0.5) is 0 Å². The summed E-state index contributed by atoms with van der Waals surface area (Å²) in [6.45, 7) is 6.18. The molecule has 0 unspecified atom stereocenters. The van der Waals surface area contributed by atoms with Crippen LogP contribution in [0.3, 0.4) is 0 Å². The fraction of sp³-hybridized carbons (Fsp3) is 0.500. The summed E-state index contributed by atoms with van der Waals surface area (Å²) < 4.78 is 6.80. The molecule has 3 nitrogen and oxygen atoms in total. The Kier molecular flexibility index (Phi) is 4.26. The van der Waals surface area contributed by atoms with Crippen molar-refractivity contribution in [1.82, 2.24) is 4.90 Å². The summed E-state index contributed by atoms with van der Waals surface area (Å²) in [7, 11) is 0. The summed E-state index contributed by atoms with van der Waals surface area (Å²) >= 11 is 3.54. The van der Waals surface area contributed by atoms with E-state index >= 15 is 0 Å². The number of fused-ring (bicyclic) bond motifs is 1. The van der Waals surface area contributed by atoms with Crippen LogP contribution in [0.2, 0.25) is 0 Å². The van der Waals surface area contributed by atoms with Crippen molar-refractivity contribution in [2.75, 3.05) is 13.2 Å². The molecule has 1 heterocycles. The molecule has 0 atom stereocenters. The van der Waals surface area contributed by atoms with Crippen molar-refractivity contribution in [2.24, 2.45) is 0 Å². The Bertz CT molecular complexity index is 479. The maximum Gasteiger partial charge on any atom is 0.127 e. The summed E-state index contributed by atoms with van der Waals surface area (Å²) in [6.07, 6.45) is 0.974.